The summed E-state index contributed by atoms with van der Waals surface area (Å²) in [7, 11) is 3.08. The molecule has 0 saturated heterocycles. The van der Waals surface area contributed by atoms with Crippen LogP contribution in [0.4, 0.5) is 4.79 Å². The fraction of sp³-hybridized carbons (Fsp3) is 0.333. The second-order valence-corrected chi connectivity index (χ2v) is 6.44. The van der Waals surface area contributed by atoms with Crippen LogP contribution in [0.2, 0.25) is 0 Å². The van der Waals surface area contributed by atoms with Gasteiger partial charge < -0.3 is 20.1 Å². The number of hydrogen-bond acceptors (Lipinski definition) is 5. The van der Waals surface area contributed by atoms with Crippen LogP contribution in [0, 0.1) is 0 Å². The molecule has 0 unspecified atom stereocenters. The highest BCUT2D eigenvalue weighted by Crippen LogP contribution is 2.44. The number of fused-ring (bicyclic) bond motifs is 3. The Bertz CT molecular complexity index is 776. The van der Waals surface area contributed by atoms with E-state index in [1.54, 1.807) is 7.05 Å². The first kappa shape index (κ1) is 18.9. The summed E-state index contributed by atoms with van der Waals surface area (Å²) in [6, 6.07) is 15.5. The molecule has 0 bridgehead atoms. The van der Waals surface area contributed by atoms with Gasteiger partial charge in [-0.2, -0.15) is 0 Å². The van der Waals surface area contributed by atoms with Crippen molar-refractivity contribution in [3.8, 4) is 11.1 Å². The zero-order valence-electron chi connectivity index (χ0n) is 15.5. The summed E-state index contributed by atoms with van der Waals surface area (Å²) in [5.74, 6) is -0.504. The van der Waals surface area contributed by atoms with Crippen molar-refractivity contribution in [1.82, 2.24) is 10.6 Å². The van der Waals surface area contributed by atoms with Crippen molar-refractivity contribution >= 4 is 12.1 Å². The zero-order chi connectivity index (χ0) is 19.2. The van der Waals surface area contributed by atoms with Crippen molar-refractivity contribution in [1.29, 1.82) is 0 Å². The van der Waals surface area contributed by atoms with Crippen molar-refractivity contribution in [2.75, 3.05) is 27.3 Å². The molecule has 1 atom stereocenters. The Morgan fingerprint density at radius 3 is 2.19 bits per heavy atom. The van der Waals surface area contributed by atoms with E-state index in [0.717, 1.165) is 11.1 Å². The van der Waals surface area contributed by atoms with E-state index in [-0.39, 0.29) is 12.5 Å². The first-order valence-electron chi connectivity index (χ1n) is 8.99. The zero-order valence-corrected chi connectivity index (χ0v) is 15.5. The van der Waals surface area contributed by atoms with E-state index in [1.165, 1.54) is 18.2 Å². The molecule has 0 aliphatic heterocycles. The molecule has 6 heteroatoms. The normalized spacial score (nSPS) is 13.4. The Hall–Kier alpha value is -2.86. The lowest BCUT2D eigenvalue weighted by atomic mass is 9.98. The van der Waals surface area contributed by atoms with E-state index in [0.29, 0.717) is 13.0 Å². The third-order valence-corrected chi connectivity index (χ3v) is 4.80. The molecule has 6 nitrogen and oxygen atoms in total. The number of esters is 1. The lowest BCUT2D eigenvalue weighted by Gasteiger charge is -2.18. The standard InChI is InChI=1S/C21H24N2O4/c1-22-12-11-19(20(24)26-2)23-21(25)27-13-18-16-9-5-3-7-14(16)15-8-4-6-10-17(15)18/h3-10,18-19,22H,11-13H2,1-2H3,(H,23,25)/t19-/m0/s1. The molecule has 0 fully saturated rings. The number of alkyl carbamates (subject to hydrolysis) is 1. The topological polar surface area (TPSA) is 76.7 Å². The molecule has 0 saturated carbocycles. The number of benzene rings is 2. The number of ether oxygens (including phenoxy) is 2. The Morgan fingerprint density at radius 2 is 1.63 bits per heavy atom. The van der Waals surface area contributed by atoms with E-state index in [9.17, 15) is 9.59 Å². The molecule has 2 N–H and O–H groups in total. The van der Waals surface area contributed by atoms with Crippen LogP contribution in [-0.2, 0) is 14.3 Å². The molecule has 2 aromatic carbocycles. The largest absolute Gasteiger partial charge is 0.467 e. The predicted molar refractivity (Wildman–Crippen MR) is 103 cm³/mol. The Balaban J connectivity index is 1.67. The highest BCUT2D eigenvalue weighted by molar-refractivity contribution is 5.82. The van der Waals surface area contributed by atoms with Gasteiger partial charge in [-0.1, -0.05) is 48.5 Å². The van der Waals surface area contributed by atoms with E-state index in [1.807, 2.05) is 24.3 Å². The van der Waals surface area contributed by atoms with Crippen LogP contribution in [0.3, 0.4) is 0 Å². The number of amides is 1. The number of hydrogen-bond donors (Lipinski definition) is 2. The number of rotatable bonds is 7. The lowest BCUT2D eigenvalue weighted by Crippen LogP contribution is -2.43. The molecule has 1 aliphatic rings. The van der Waals surface area contributed by atoms with Crippen LogP contribution in [0.15, 0.2) is 48.5 Å². The van der Waals surface area contributed by atoms with Crippen LogP contribution in [0.25, 0.3) is 11.1 Å². The van der Waals surface area contributed by atoms with Gasteiger partial charge in [0.05, 0.1) is 7.11 Å². The molecule has 142 valence electrons. The van der Waals surface area contributed by atoms with Gasteiger partial charge in [0.15, 0.2) is 0 Å². The van der Waals surface area contributed by atoms with Crippen molar-refractivity contribution in [3.63, 3.8) is 0 Å². The quantitative estimate of drug-likeness (QED) is 0.735. The molecule has 3 rings (SSSR count). The fourth-order valence-corrected chi connectivity index (χ4v) is 3.46. The minimum atomic E-state index is -0.738. The molecular weight excluding hydrogens is 344 g/mol. The van der Waals surface area contributed by atoms with Gasteiger partial charge in [0.2, 0.25) is 0 Å². The van der Waals surface area contributed by atoms with Crippen molar-refractivity contribution in [2.45, 2.75) is 18.4 Å². The number of carbonyl (C=O) groups excluding carboxylic acids is 2. The number of carbonyl (C=O) groups is 2. The minimum absolute atomic E-state index is 0.0166. The molecule has 2 aromatic rings. The van der Waals surface area contributed by atoms with Gasteiger partial charge in [0.1, 0.15) is 12.6 Å². The van der Waals surface area contributed by atoms with Crippen molar-refractivity contribution < 1.29 is 19.1 Å². The average Bonchev–Trinajstić information content (AvgIpc) is 3.03. The molecule has 0 radical (unpaired) electrons. The summed E-state index contributed by atoms with van der Waals surface area (Å²) in [5.41, 5.74) is 4.63. The average molecular weight is 368 g/mol. The molecule has 0 aromatic heterocycles. The summed E-state index contributed by atoms with van der Waals surface area (Å²) in [4.78, 5) is 24.1. The first-order chi connectivity index (χ1) is 13.2. The predicted octanol–water partition coefficient (Wildman–Crippen LogP) is 2.68. The van der Waals surface area contributed by atoms with Gasteiger partial charge >= 0.3 is 12.1 Å². The Kier molecular flexibility index (Phi) is 6.08. The maximum Gasteiger partial charge on any atom is 0.407 e. The second-order valence-electron chi connectivity index (χ2n) is 6.44. The molecule has 0 heterocycles. The molecule has 1 amide bonds. The molecule has 1 aliphatic carbocycles. The molecule has 0 spiro atoms. The van der Waals surface area contributed by atoms with Crippen LogP contribution in [-0.4, -0.2) is 45.4 Å². The third kappa shape index (κ3) is 4.11. The van der Waals surface area contributed by atoms with Crippen LogP contribution in [0.1, 0.15) is 23.5 Å². The van der Waals surface area contributed by atoms with Crippen LogP contribution in [0.5, 0.6) is 0 Å². The maximum absolute atomic E-state index is 12.3. The van der Waals surface area contributed by atoms with E-state index in [2.05, 4.69) is 34.9 Å². The number of methoxy groups -OCH3 is 1. The number of nitrogens with one attached hydrogen (secondary N) is 2. The summed E-state index contributed by atoms with van der Waals surface area (Å²) in [5, 5.41) is 5.55. The monoisotopic (exact) mass is 368 g/mol. The van der Waals surface area contributed by atoms with Gasteiger partial charge in [0, 0.05) is 5.92 Å². The van der Waals surface area contributed by atoms with Crippen molar-refractivity contribution in [3.05, 3.63) is 59.7 Å². The summed E-state index contributed by atoms with van der Waals surface area (Å²) >= 11 is 0. The van der Waals surface area contributed by atoms with Gasteiger partial charge in [0.25, 0.3) is 0 Å². The third-order valence-electron chi connectivity index (χ3n) is 4.80. The van der Waals surface area contributed by atoms with Gasteiger partial charge in [-0.05, 0) is 42.3 Å². The van der Waals surface area contributed by atoms with E-state index < -0.39 is 18.1 Å². The Labute approximate surface area is 158 Å². The van der Waals surface area contributed by atoms with Crippen LogP contribution < -0.4 is 10.6 Å². The van der Waals surface area contributed by atoms with Gasteiger partial charge in [-0.3, -0.25) is 0 Å². The highest BCUT2D eigenvalue weighted by atomic mass is 16.6. The maximum atomic E-state index is 12.3. The SMILES string of the molecule is CNCC[C@H](NC(=O)OCC1c2ccccc2-c2ccccc21)C(=O)OC. The first-order valence-corrected chi connectivity index (χ1v) is 8.99. The van der Waals surface area contributed by atoms with E-state index in [4.69, 9.17) is 9.47 Å². The van der Waals surface area contributed by atoms with E-state index >= 15 is 0 Å². The Morgan fingerprint density at radius 1 is 1.04 bits per heavy atom. The van der Waals surface area contributed by atoms with Gasteiger partial charge in [-0.15, -0.1) is 0 Å². The summed E-state index contributed by atoms with van der Waals surface area (Å²) in [6.07, 6.45) is -0.198. The smallest absolute Gasteiger partial charge is 0.407 e. The highest BCUT2D eigenvalue weighted by Gasteiger charge is 2.29. The fourth-order valence-electron chi connectivity index (χ4n) is 3.46. The van der Waals surface area contributed by atoms with Crippen molar-refractivity contribution in [2.24, 2.45) is 0 Å². The molecular formula is C21H24N2O4. The summed E-state index contributed by atoms with van der Waals surface area (Å²) < 4.78 is 10.2. The van der Waals surface area contributed by atoms with Crippen LogP contribution >= 0.6 is 0 Å². The summed E-state index contributed by atoms with van der Waals surface area (Å²) in [6.45, 7) is 0.781. The molecule has 27 heavy (non-hydrogen) atoms. The second kappa shape index (κ2) is 8.68. The lowest BCUT2D eigenvalue weighted by molar-refractivity contribution is -0.143. The van der Waals surface area contributed by atoms with Gasteiger partial charge in [-0.25, -0.2) is 9.59 Å². The minimum Gasteiger partial charge on any atom is -0.467 e.